The maximum Gasteiger partial charge on any atom is 0.410 e. The van der Waals surface area contributed by atoms with Crippen LogP contribution < -0.4 is 5.32 Å². The van der Waals surface area contributed by atoms with E-state index < -0.39 is 15.4 Å². The van der Waals surface area contributed by atoms with Crippen molar-refractivity contribution in [2.24, 2.45) is 0 Å². The van der Waals surface area contributed by atoms with Crippen molar-refractivity contribution >= 4 is 15.9 Å². The summed E-state index contributed by atoms with van der Waals surface area (Å²) in [4.78, 5) is 13.9. The number of nitrogens with one attached hydrogen (secondary N) is 1. The Morgan fingerprint density at radius 3 is 2.52 bits per heavy atom. The van der Waals surface area contributed by atoms with Gasteiger partial charge in [-0.1, -0.05) is 6.92 Å². The zero-order valence-electron chi connectivity index (χ0n) is 15.1. The molecule has 2 atom stereocenters. The van der Waals surface area contributed by atoms with Gasteiger partial charge in [0.25, 0.3) is 0 Å². The molecule has 2 unspecified atom stereocenters. The molecule has 1 heterocycles. The molecule has 0 spiro atoms. The minimum Gasteiger partial charge on any atom is -0.444 e. The van der Waals surface area contributed by atoms with Gasteiger partial charge in [0.05, 0.1) is 5.75 Å². The molecule has 0 aromatic heterocycles. The van der Waals surface area contributed by atoms with Crippen molar-refractivity contribution in [3.8, 4) is 0 Å². The lowest BCUT2D eigenvalue weighted by atomic mass is 10.1. The molecule has 0 saturated carbocycles. The molecule has 6 nitrogen and oxygen atoms in total. The third-order valence-electron chi connectivity index (χ3n) is 3.84. The van der Waals surface area contributed by atoms with Crippen LogP contribution in [0, 0.1) is 0 Å². The second-order valence-electron chi connectivity index (χ2n) is 7.36. The van der Waals surface area contributed by atoms with Crippen molar-refractivity contribution in [3.63, 3.8) is 0 Å². The quantitative estimate of drug-likeness (QED) is 0.824. The molecule has 0 aromatic rings. The molecule has 1 fully saturated rings. The van der Waals surface area contributed by atoms with Crippen LogP contribution in [0.15, 0.2) is 0 Å². The lowest BCUT2D eigenvalue weighted by Gasteiger charge is -2.26. The molecular formula is C16H32N2O4S. The van der Waals surface area contributed by atoms with E-state index in [1.54, 1.807) is 11.8 Å². The highest BCUT2D eigenvalue weighted by atomic mass is 32.2. The number of sulfone groups is 1. The molecule has 1 saturated heterocycles. The van der Waals surface area contributed by atoms with E-state index in [2.05, 4.69) is 5.32 Å². The Kier molecular flexibility index (Phi) is 7.32. The molecular weight excluding hydrogens is 316 g/mol. The van der Waals surface area contributed by atoms with Gasteiger partial charge in [0.1, 0.15) is 5.60 Å². The molecule has 1 aliphatic heterocycles. The average molecular weight is 349 g/mol. The van der Waals surface area contributed by atoms with E-state index in [-0.39, 0.29) is 29.7 Å². The summed E-state index contributed by atoms with van der Waals surface area (Å²) in [5.74, 6) is 0.339. The summed E-state index contributed by atoms with van der Waals surface area (Å²) in [5.41, 5.74) is -0.482. The zero-order chi connectivity index (χ0) is 17.7. The van der Waals surface area contributed by atoms with Gasteiger partial charge < -0.3 is 15.0 Å². The van der Waals surface area contributed by atoms with Gasteiger partial charge in [-0.15, -0.1) is 0 Å². The summed E-state index contributed by atoms with van der Waals surface area (Å²) in [7, 11) is -2.97. The van der Waals surface area contributed by atoms with Crippen molar-refractivity contribution in [1.82, 2.24) is 10.2 Å². The fourth-order valence-electron chi connectivity index (χ4n) is 2.72. The van der Waals surface area contributed by atoms with Crippen LogP contribution in [0.5, 0.6) is 0 Å². The standard InChI is InChI=1S/C16H32N2O4S/c1-6-23(20,21)12-13(2)17-14-8-7-10-18(11-9-14)15(19)22-16(3,4)5/h13-14,17H,6-12H2,1-5H3. The van der Waals surface area contributed by atoms with Crippen LogP contribution in [0.25, 0.3) is 0 Å². The summed E-state index contributed by atoms with van der Waals surface area (Å²) < 4.78 is 28.8. The van der Waals surface area contributed by atoms with Crippen molar-refractivity contribution in [2.45, 2.75) is 71.6 Å². The number of nitrogens with zero attached hydrogens (tertiary/aromatic N) is 1. The van der Waals surface area contributed by atoms with Crippen LogP contribution in [0.2, 0.25) is 0 Å². The highest BCUT2D eigenvalue weighted by Crippen LogP contribution is 2.16. The molecule has 0 aromatic carbocycles. The monoisotopic (exact) mass is 348 g/mol. The SMILES string of the molecule is CCS(=O)(=O)CC(C)NC1CCCN(C(=O)OC(C)(C)C)CC1. The summed E-state index contributed by atoms with van der Waals surface area (Å²) in [6.45, 7) is 10.5. The lowest BCUT2D eigenvalue weighted by molar-refractivity contribution is 0.0256. The molecule has 7 heteroatoms. The van der Waals surface area contributed by atoms with Crippen LogP contribution in [-0.2, 0) is 14.6 Å². The Labute approximate surface area is 140 Å². The highest BCUT2D eigenvalue weighted by Gasteiger charge is 2.26. The van der Waals surface area contributed by atoms with E-state index in [0.29, 0.717) is 13.1 Å². The van der Waals surface area contributed by atoms with Crippen molar-refractivity contribution < 1.29 is 17.9 Å². The largest absolute Gasteiger partial charge is 0.444 e. The van der Waals surface area contributed by atoms with Gasteiger partial charge in [-0.2, -0.15) is 0 Å². The first kappa shape index (κ1) is 20.2. The number of carbonyl (C=O) groups excluding carboxylic acids is 1. The van der Waals surface area contributed by atoms with Crippen LogP contribution >= 0.6 is 0 Å². The second kappa shape index (κ2) is 8.33. The number of rotatable bonds is 5. The molecule has 1 aliphatic rings. The van der Waals surface area contributed by atoms with E-state index >= 15 is 0 Å². The van der Waals surface area contributed by atoms with E-state index in [1.165, 1.54) is 0 Å². The molecule has 0 aliphatic carbocycles. The Balaban J connectivity index is 2.48. The fraction of sp³-hybridized carbons (Fsp3) is 0.938. The molecule has 0 radical (unpaired) electrons. The first-order chi connectivity index (χ1) is 10.5. The van der Waals surface area contributed by atoms with Gasteiger partial charge in [0.2, 0.25) is 0 Å². The topological polar surface area (TPSA) is 75.7 Å². The number of likely N-dealkylation sites (tertiary alicyclic amines) is 1. The van der Waals surface area contributed by atoms with Gasteiger partial charge >= 0.3 is 6.09 Å². The molecule has 0 bridgehead atoms. The van der Waals surface area contributed by atoms with Crippen molar-refractivity contribution in [1.29, 1.82) is 0 Å². The first-order valence-corrected chi connectivity index (χ1v) is 10.3. The molecule has 1 rings (SSSR count). The van der Waals surface area contributed by atoms with Crippen LogP contribution in [0.1, 0.15) is 53.9 Å². The minimum absolute atomic E-state index is 0.0713. The van der Waals surface area contributed by atoms with Crippen LogP contribution in [0.4, 0.5) is 4.79 Å². The van der Waals surface area contributed by atoms with Crippen molar-refractivity contribution in [3.05, 3.63) is 0 Å². The van der Waals surface area contributed by atoms with E-state index in [4.69, 9.17) is 4.74 Å². The predicted octanol–water partition coefficient (Wildman–Crippen LogP) is 2.19. The number of hydrogen-bond donors (Lipinski definition) is 1. The van der Waals surface area contributed by atoms with Crippen molar-refractivity contribution in [2.75, 3.05) is 24.6 Å². The highest BCUT2D eigenvalue weighted by molar-refractivity contribution is 7.91. The predicted molar refractivity (Wildman–Crippen MR) is 92.4 cm³/mol. The van der Waals surface area contributed by atoms with Gasteiger partial charge in [-0.3, -0.25) is 0 Å². The maximum atomic E-state index is 12.1. The maximum absolute atomic E-state index is 12.1. The van der Waals surface area contributed by atoms with Crippen LogP contribution in [0.3, 0.4) is 0 Å². The second-order valence-corrected chi connectivity index (χ2v) is 9.76. The summed E-state index contributed by atoms with van der Waals surface area (Å²) >= 11 is 0. The normalized spacial score (nSPS) is 21.6. The molecule has 1 amide bonds. The Bertz CT molecular complexity index is 485. The third kappa shape index (κ3) is 8.01. The van der Waals surface area contributed by atoms with E-state index in [0.717, 1.165) is 19.3 Å². The number of amides is 1. The molecule has 136 valence electrons. The Morgan fingerprint density at radius 2 is 1.96 bits per heavy atom. The van der Waals surface area contributed by atoms with E-state index in [1.807, 2.05) is 27.7 Å². The molecule has 1 N–H and O–H groups in total. The van der Waals surface area contributed by atoms with Crippen LogP contribution in [-0.4, -0.2) is 61.7 Å². The van der Waals surface area contributed by atoms with Gasteiger partial charge in [0.15, 0.2) is 9.84 Å². The Hall–Kier alpha value is -0.820. The van der Waals surface area contributed by atoms with Gasteiger partial charge in [-0.25, -0.2) is 13.2 Å². The average Bonchev–Trinajstić information content (AvgIpc) is 2.61. The number of carbonyl (C=O) groups is 1. The summed E-state index contributed by atoms with van der Waals surface area (Å²) in [6, 6.07) is 0.169. The summed E-state index contributed by atoms with van der Waals surface area (Å²) in [6.07, 6.45) is 2.38. The molecule has 23 heavy (non-hydrogen) atoms. The fourth-order valence-corrected chi connectivity index (χ4v) is 3.82. The lowest BCUT2D eigenvalue weighted by Crippen LogP contribution is -2.42. The zero-order valence-corrected chi connectivity index (χ0v) is 15.9. The minimum atomic E-state index is -2.97. The first-order valence-electron chi connectivity index (χ1n) is 8.47. The number of ether oxygens (including phenoxy) is 1. The number of hydrogen-bond acceptors (Lipinski definition) is 5. The Morgan fingerprint density at radius 1 is 1.30 bits per heavy atom. The smallest absolute Gasteiger partial charge is 0.410 e. The van der Waals surface area contributed by atoms with E-state index in [9.17, 15) is 13.2 Å². The summed E-state index contributed by atoms with van der Waals surface area (Å²) in [5, 5.41) is 3.40. The van der Waals surface area contributed by atoms with Gasteiger partial charge in [-0.05, 0) is 47.0 Å². The third-order valence-corrected chi connectivity index (χ3v) is 5.73. The van der Waals surface area contributed by atoms with Gasteiger partial charge in [0, 0.05) is 30.9 Å².